The number of hydrogen-bond donors (Lipinski definition) is 1. The molecule has 2 fully saturated rings. The van der Waals surface area contributed by atoms with Crippen molar-refractivity contribution in [3.63, 3.8) is 0 Å². The number of hydrogen-bond acceptors (Lipinski definition) is 1. The zero-order valence-corrected chi connectivity index (χ0v) is 12.8. The summed E-state index contributed by atoms with van der Waals surface area (Å²) in [5, 5.41) is 3.32. The molecule has 2 nitrogen and oxygen atoms in total. The minimum absolute atomic E-state index is 0.140. The summed E-state index contributed by atoms with van der Waals surface area (Å²) in [5.74, 6) is 1.02. The van der Waals surface area contributed by atoms with Gasteiger partial charge in [0.25, 0.3) is 0 Å². The van der Waals surface area contributed by atoms with Gasteiger partial charge in [-0.05, 0) is 25.2 Å². The number of rotatable bonds is 4. The van der Waals surface area contributed by atoms with Crippen LogP contribution in [0.1, 0.15) is 77.0 Å². The van der Waals surface area contributed by atoms with Crippen molar-refractivity contribution in [1.29, 1.82) is 0 Å². The van der Waals surface area contributed by atoms with Crippen LogP contribution in [0.3, 0.4) is 0 Å². The van der Waals surface area contributed by atoms with Crippen LogP contribution in [0.15, 0.2) is 0 Å². The van der Waals surface area contributed by atoms with Gasteiger partial charge in [0, 0.05) is 12.5 Å². The molecule has 0 aliphatic heterocycles. The van der Waals surface area contributed by atoms with Gasteiger partial charge in [0.2, 0.25) is 5.91 Å². The van der Waals surface area contributed by atoms with E-state index in [1.54, 1.807) is 0 Å². The molecule has 2 rings (SSSR count). The molecule has 0 saturated heterocycles. The van der Waals surface area contributed by atoms with Crippen LogP contribution in [-0.4, -0.2) is 17.3 Å². The van der Waals surface area contributed by atoms with Crippen LogP contribution in [0.2, 0.25) is 0 Å². The Hall–Kier alpha value is -0.240. The van der Waals surface area contributed by atoms with Crippen LogP contribution in [-0.2, 0) is 4.79 Å². The smallest absolute Gasteiger partial charge is 0.220 e. The fourth-order valence-electron chi connectivity index (χ4n) is 3.51. The highest BCUT2D eigenvalue weighted by atomic mass is 35.5. The summed E-state index contributed by atoms with van der Waals surface area (Å²) in [6.07, 6.45) is 14.3. The van der Waals surface area contributed by atoms with Crippen LogP contribution in [0.25, 0.3) is 0 Å². The summed E-state index contributed by atoms with van der Waals surface area (Å²) in [4.78, 5) is 12.0. The van der Waals surface area contributed by atoms with E-state index in [4.69, 9.17) is 11.6 Å². The van der Waals surface area contributed by atoms with E-state index in [1.807, 2.05) is 0 Å². The second-order valence-corrected chi connectivity index (χ2v) is 6.93. The molecule has 0 heterocycles. The van der Waals surface area contributed by atoms with E-state index in [0.29, 0.717) is 6.42 Å². The molecule has 0 spiro atoms. The summed E-state index contributed by atoms with van der Waals surface area (Å²) < 4.78 is 0. The molecule has 0 aromatic rings. The zero-order chi connectivity index (χ0) is 13.5. The molecule has 2 atom stereocenters. The van der Waals surface area contributed by atoms with Crippen molar-refractivity contribution in [3.05, 3.63) is 0 Å². The molecule has 2 saturated carbocycles. The zero-order valence-electron chi connectivity index (χ0n) is 12.0. The second-order valence-electron chi connectivity index (χ2n) is 6.37. The summed E-state index contributed by atoms with van der Waals surface area (Å²) in [6, 6.07) is 0.211. The molecular weight excluding hydrogens is 258 g/mol. The van der Waals surface area contributed by atoms with Crippen LogP contribution in [0.4, 0.5) is 0 Å². The quantitative estimate of drug-likeness (QED) is 0.602. The van der Waals surface area contributed by atoms with Crippen LogP contribution in [0, 0.1) is 5.92 Å². The third-order valence-electron chi connectivity index (χ3n) is 4.78. The summed E-state index contributed by atoms with van der Waals surface area (Å²) in [6.45, 7) is 0. The van der Waals surface area contributed by atoms with Gasteiger partial charge >= 0.3 is 0 Å². The Kier molecular flexibility index (Phi) is 6.49. The Balaban J connectivity index is 1.67. The van der Waals surface area contributed by atoms with Crippen LogP contribution >= 0.6 is 11.6 Å². The summed E-state index contributed by atoms with van der Waals surface area (Å²) >= 11 is 6.37. The van der Waals surface area contributed by atoms with Crippen molar-refractivity contribution in [2.75, 3.05) is 0 Å². The molecular formula is C16H28ClNO. The summed E-state index contributed by atoms with van der Waals surface area (Å²) in [7, 11) is 0. The van der Waals surface area contributed by atoms with Crippen LogP contribution in [0.5, 0.6) is 0 Å². The number of amides is 1. The third-order valence-corrected chi connectivity index (χ3v) is 5.30. The van der Waals surface area contributed by atoms with E-state index in [-0.39, 0.29) is 17.3 Å². The largest absolute Gasteiger partial charge is 0.352 e. The highest BCUT2D eigenvalue weighted by molar-refractivity contribution is 6.21. The predicted octanol–water partition coefficient (Wildman–Crippen LogP) is 4.40. The number of carbonyl (C=O) groups is 1. The molecule has 2 aliphatic carbocycles. The number of carbonyl (C=O) groups excluding carboxylic acids is 1. The van der Waals surface area contributed by atoms with Gasteiger partial charge < -0.3 is 5.32 Å². The maximum atomic E-state index is 12.0. The fraction of sp³-hybridized carbons (Fsp3) is 0.938. The molecule has 0 aromatic heterocycles. The maximum absolute atomic E-state index is 12.0. The summed E-state index contributed by atoms with van der Waals surface area (Å²) in [5.41, 5.74) is 0. The number of nitrogens with one attached hydrogen (secondary N) is 1. The average molecular weight is 286 g/mol. The first kappa shape index (κ1) is 15.2. The minimum atomic E-state index is 0.140. The van der Waals surface area contributed by atoms with E-state index in [0.717, 1.165) is 25.2 Å². The van der Waals surface area contributed by atoms with Crippen molar-refractivity contribution in [1.82, 2.24) is 5.32 Å². The topological polar surface area (TPSA) is 29.1 Å². The first-order valence-electron chi connectivity index (χ1n) is 8.19. The molecule has 1 N–H and O–H groups in total. The van der Waals surface area contributed by atoms with Crippen LogP contribution < -0.4 is 5.32 Å². The van der Waals surface area contributed by atoms with Crippen molar-refractivity contribution in [3.8, 4) is 0 Å². The Morgan fingerprint density at radius 2 is 1.58 bits per heavy atom. The lowest BCUT2D eigenvalue weighted by Crippen LogP contribution is -2.40. The molecule has 0 aromatic carbocycles. The van der Waals surface area contributed by atoms with Gasteiger partial charge in [-0.15, -0.1) is 11.6 Å². The molecule has 2 aliphatic rings. The normalized spacial score (nSPS) is 29.7. The number of alkyl halides is 1. The molecule has 0 radical (unpaired) electrons. The van der Waals surface area contributed by atoms with Gasteiger partial charge in [-0.25, -0.2) is 0 Å². The van der Waals surface area contributed by atoms with E-state index in [1.165, 1.54) is 51.4 Å². The average Bonchev–Trinajstić information content (AvgIpc) is 2.63. The lowest BCUT2D eigenvalue weighted by molar-refractivity contribution is -0.122. The molecule has 0 bridgehead atoms. The van der Waals surface area contributed by atoms with Gasteiger partial charge in [0.15, 0.2) is 0 Å². The minimum Gasteiger partial charge on any atom is -0.352 e. The highest BCUT2D eigenvalue weighted by Crippen LogP contribution is 2.27. The van der Waals surface area contributed by atoms with E-state index in [2.05, 4.69) is 5.32 Å². The van der Waals surface area contributed by atoms with Gasteiger partial charge in [0.1, 0.15) is 0 Å². The Morgan fingerprint density at radius 1 is 0.947 bits per heavy atom. The monoisotopic (exact) mass is 285 g/mol. The predicted molar refractivity (Wildman–Crippen MR) is 80.5 cm³/mol. The van der Waals surface area contributed by atoms with E-state index in [9.17, 15) is 4.79 Å². The van der Waals surface area contributed by atoms with Gasteiger partial charge in [-0.3, -0.25) is 4.79 Å². The molecule has 19 heavy (non-hydrogen) atoms. The van der Waals surface area contributed by atoms with Crippen molar-refractivity contribution in [2.24, 2.45) is 5.92 Å². The lowest BCUT2D eigenvalue weighted by atomic mass is 9.86. The molecule has 2 unspecified atom stereocenters. The fourth-order valence-corrected chi connectivity index (χ4v) is 3.86. The molecule has 1 amide bonds. The van der Waals surface area contributed by atoms with Crippen molar-refractivity contribution >= 4 is 17.5 Å². The maximum Gasteiger partial charge on any atom is 0.220 e. The van der Waals surface area contributed by atoms with Gasteiger partial charge in [-0.1, -0.05) is 51.4 Å². The van der Waals surface area contributed by atoms with E-state index < -0.39 is 0 Å². The first-order chi connectivity index (χ1) is 9.25. The standard InChI is InChI=1S/C16H28ClNO/c17-14-9-5-2-6-10-15(14)18-16(19)12-11-13-7-3-1-4-8-13/h13-15H,1-12H2,(H,18,19). The lowest BCUT2D eigenvalue weighted by Gasteiger charge is -2.23. The Labute approximate surface area is 122 Å². The van der Waals surface area contributed by atoms with Gasteiger partial charge in [0.05, 0.1) is 5.38 Å². The highest BCUT2D eigenvalue weighted by Gasteiger charge is 2.23. The number of halogens is 1. The molecule has 110 valence electrons. The molecule has 3 heteroatoms. The Bertz CT molecular complexity index is 276. The SMILES string of the molecule is O=C(CCC1CCCCC1)NC1CCCCCC1Cl. The van der Waals surface area contributed by atoms with Crippen molar-refractivity contribution < 1.29 is 4.79 Å². The van der Waals surface area contributed by atoms with Crippen molar-refractivity contribution in [2.45, 2.75) is 88.5 Å². The van der Waals surface area contributed by atoms with Gasteiger partial charge in [-0.2, -0.15) is 0 Å². The third kappa shape index (κ3) is 5.33. The first-order valence-corrected chi connectivity index (χ1v) is 8.63. The second kappa shape index (κ2) is 8.14. The Morgan fingerprint density at radius 3 is 2.32 bits per heavy atom. The van der Waals surface area contributed by atoms with E-state index >= 15 is 0 Å².